The highest BCUT2D eigenvalue weighted by atomic mass is 16.3. The molecule has 2 aromatic heterocycles. The van der Waals surface area contributed by atoms with Crippen molar-refractivity contribution in [3.05, 3.63) is 65.8 Å². The number of aryl methyl sites for hydroxylation is 1. The van der Waals surface area contributed by atoms with E-state index in [1.165, 1.54) is 18.4 Å². The van der Waals surface area contributed by atoms with Crippen LogP contribution in [0, 0.1) is 6.92 Å². The number of carbonyl (C=O) groups excluding carboxylic acids is 2. The number of fused-ring (bicyclic) bond motifs is 1. The molecule has 0 radical (unpaired) electrons. The molecule has 0 spiro atoms. The highest BCUT2D eigenvalue weighted by molar-refractivity contribution is 6.00. The third-order valence-electron chi connectivity index (χ3n) is 3.29. The normalized spacial score (nSPS) is 11.0. The molecule has 0 aliphatic rings. The smallest absolute Gasteiger partial charge is 0.305 e. The van der Waals surface area contributed by atoms with E-state index in [0.29, 0.717) is 11.3 Å². The van der Waals surface area contributed by atoms with Gasteiger partial charge in [-0.25, -0.2) is 0 Å². The van der Waals surface area contributed by atoms with Gasteiger partial charge in [-0.1, -0.05) is 18.2 Å². The summed E-state index contributed by atoms with van der Waals surface area (Å²) in [6.45, 7) is 1.79. The molecule has 6 heteroatoms. The molecule has 2 N–H and O–H groups in total. The van der Waals surface area contributed by atoms with Crippen LogP contribution in [-0.2, 0) is 4.79 Å². The molecule has 3 rings (SSSR count). The molecule has 0 aliphatic heterocycles. The van der Waals surface area contributed by atoms with Crippen LogP contribution in [0.1, 0.15) is 21.9 Å². The van der Waals surface area contributed by atoms with E-state index in [-0.39, 0.29) is 5.76 Å². The van der Waals surface area contributed by atoms with E-state index in [1.807, 2.05) is 18.2 Å². The Morgan fingerprint density at radius 3 is 2.65 bits per heavy atom. The summed E-state index contributed by atoms with van der Waals surface area (Å²) in [6, 6.07) is 10.8. The van der Waals surface area contributed by atoms with Crippen LogP contribution in [0.25, 0.3) is 17.0 Å². The fourth-order valence-electron chi connectivity index (χ4n) is 2.15. The van der Waals surface area contributed by atoms with Gasteiger partial charge in [0.15, 0.2) is 5.76 Å². The summed E-state index contributed by atoms with van der Waals surface area (Å²) in [5.41, 5.74) is 5.95. The Bertz CT molecular complexity index is 875. The largest absolute Gasteiger partial charge is 0.465 e. The van der Waals surface area contributed by atoms with E-state index < -0.39 is 11.8 Å². The Morgan fingerprint density at radius 1 is 1.09 bits per heavy atom. The second kappa shape index (κ2) is 6.23. The molecule has 3 aromatic rings. The summed E-state index contributed by atoms with van der Waals surface area (Å²) >= 11 is 0. The van der Waals surface area contributed by atoms with Gasteiger partial charge in [-0.2, -0.15) is 0 Å². The highest BCUT2D eigenvalue weighted by Crippen LogP contribution is 2.24. The van der Waals surface area contributed by atoms with Crippen molar-refractivity contribution in [2.45, 2.75) is 6.92 Å². The molecular formula is C17H14N2O4. The third-order valence-corrected chi connectivity index (χ3v) is 3.29. The van der Waals surface area contributed by atoms with Gasteiger partial charge < -0.3 is 8.83 Å². The van der Waals surface area contributed by atoms with Crippen LogP contribution in [0.15, 0.2) is 57.6 Å². The number of carbonyl (C=O) groups is 2. The van der Waals surface area contributed by atoms with Gasteiger partial charge in [-0.05, 0) is 31.2 Å². The maximum Gasteiger partial charge on any atom is 0.305 e. The van der Waals surface area contributed by atoms with Gasteiger partial charge in [0, 0.05) is 17.0 Å². The topological polar surface area (TPSA) is 84.5 Å². The first-order chi connectivity index (χ1) is 11.1. The van der Waals surface area contributed by atoms with Crippen LogP contribution in [0.4, 0.5) is 0 Å². The Balaban J connectivity index is 1.64. The predicted octanol–water partition coefficient (Wildman–Crippen LogP) is 2.81. The van der Waals surface area contributed by atoms with Crippen LogP contribution in [0.5, 0.6) is 0 Å². The molecule has 0 atom stereocenters. The lowest BCUT2D eigenvalue weighted by Gasteiger charge is -2.03. The Hall–Kier alpha value is -3.28. The van der Waals surface area contributed by atoms with Crippen molar-refractivity contribution in [3.8, 4) is 0 Å². The van der Waals surface area contributed by atoms with Crippen LogP contribution in [-0.4, -0.2) is 11.8 Å². The average molecular weight is 310 g/mol. The van der Waals surface area contributed by atoms with Gasteiger partial charge in [0.25, 0.3) is 5.91 Å². The Morgan fingerprint density at radius 2 is 1.91 bits per heavy atom. The fraction of sp³-hybridized carbons (Fsp3) is 0.0588. The van der Waals surface area contributed by atoms with Crippen molar-refractivity contribution in [1.82, 2.24) is 10.9 Å². The number of benzene rings is 1. The second-order valence-corrected chi connectivity index (χ2v) is 4.84. The van der Waals surface area contributed by atoms with Crippen molar-refractivity contribution >= 4 is 28.9 Å². The molecule has 2 heterocycles. The van der Waals surface area contributed by atoms with Gasteiger partial charge in [0.05, 0.1) is 6.26 Å². The van der Waals surface area contributed by atoms with E-state index >= 15 is 0 Å². The minimum Gasteiger partial charge on any atom is -0.465 e. The lowest BCUT2D eigenvalue weighted by atomic mass is 10.1. The summed E-state index contributed by atoms with van der Waals surface area (Å²) in [5, 5.41) is 0.863. The van der Waals surface area contributed by atoms with Crippen molar-refractivity contribution in [2.75, 3.05) is 0 Å². The minimum atomic E-state index is -0.515. The number of rotatable bonds is 3. The molecule has 1 aromatic carbocycles. The van der Waals surface area contributed by atoms with Crippen LogP contribution >= 0.6 is 0 Å². The maximum atomic E-state index is 12.1. The number of para-hydroxylation sites is 1. The van der Waals surface area contributed by atoms with Crippen molar-refractivity contribution in [3.63, 3.8) is 0 Å². The number of furan rings is 2. The van der Waals surface area contributed by atoms with Gasteiger partial charge in [0.1, 0.15) is 11.3 Å². The molecule has 23 heavy (non-hydrogen) atoms. The first-order valence-corrected chi connectivity index (χ1v) is 6.95. The van der Waals surface area contributed by atoms with Crippen LogP contribution < -0.4 is 10.9 Å². The molecule has 0 saturated carbocycles. The molecular weight excluding hydrogens is 296 g/mol. The van der Waals surface area contributed by atoms with E-state index in [0.717, 1.165) is 10.9 Å². The molecule has 0 fully saturated rings. The molecule has 0 aliphatic carbocycles. The molecule has 6 nitrogen and oxygen atoms in total. The molecule has 116 valence electrons. The van der Waals surface area contributed by atoms with Gasteiger partial charge in [0.2, 0.25) is 0 Å². The quantitative estimate of drug-likeness (QED) is 0.575. The summed E-state index contributed by atoms with van der Waals surface area (Å²) in [4.78, 5) is 23.8. The lowest BCUT2D eigenvalue weighted by molar-refractivity contribution is -0.117. The van der Waals surface area contributed by atoms with Crippen LogP contribution in [0.3, 0.4) is 0 Å². The Labute approximate surface area is 131 Å². The zero-order valence-corrected chi connectivity index (χ0v) is 12.3. The number of nitrogens with one attached hydrogen (secondary N) is 2. The third kappa shape index (κ3) is 3.16. The first kappa shape index (κ1) is 14.6. The zero-order chi connectivity index (χ0) is 16.2. The van der Waals surface area contributed by atoms with Crippen molar-refractivity contribution < 1.29 is 18.4 Å². The van der Waals surface area contributed by atoms with Gasteiger partial charge in [-0.15, -0.1) is 0 Å². The number of hydrogen-bond acceptors (Lipinski definition) is 4. The zero-order valence-electron chi connectivity index (χ0n) is 12.3. The summed E-state index contributed by atoms with van der Waals surface area (Å²) < 4.78 is 10.6. The maximum absolute atomic E-state index is 12.1. The molecule has 0 bridgehead atoms. The minimum absolute atomic E-state index is 0.168. The second-order valence-electron chi connectivity index (χ2n) is 4.84. The standard InChI is InChI=1S/C17H14N2O4/c1-11-13-6-2-3-7-14(13)23-16(11)17(21)19-18-15(20)9-8-12-5-4-10-22-12/h2-10H,1H3,(H,18,20)(H,19,21)/b9-8+. The number of hydrogen-bond donors (Lipinski definition) is 2. The number of amides is 2. The first-order valence-electron chi connectivity index (χ1n) is 6.95. The average Bonchev–Trinajstić information content (AvgIpc) is 3.19. The van der Waals surface area contributed by atoms with Gasteiger partial charge >= 0.3 is 5.91 Å². The molecule has 0 unspecified atom stereocenters. The van der Waals surface area contributed by atoms with Crippen LogP contribution in [0.2, 0.25) is 0 Å². The summed E-state index contributed by atoms with van der Waals surface area (Å²) in [5.74, 6) is -0.289. The lowest BCUT2D eigenvalue weighted by Crippen LogP contribution is -2.40. The van der Waals surface area contributed by atoms with E-state index in [9.17, 15) is 9.59 Å². The van der Waals surface area contributed by atoms with E-state index in [4.69, 9.17) is 8.83 Å². The monoisotopic (exact) mass is 310 g/mol. The van der Waals surface area contributed by atoms with E-state index in [2.05, 4.69) is 10.9 Å². The summed E-state index contributed by atoms with van der Waals surface area (Å²) in [7, 11) is 0. The number of hydrazine groups is 1. The SMILES string of the molecule is Cc1c(C(=O)NNC(=O)/C=C/c2ccco2)oc2ccccc12. The van der Waals surface area contributed by atoms with Crippen molar-refractivity contribution in [2.24, 2.45) is 0 Å². The van der Waals surface area contributed by atoms with Gasteiger partial charge in [-0.3, -0.25) is 20.4 Å². The predicted molar refractivity (Wildman–Crippen MR) is 84.3 cm³/mol. The highest BCUT2D eigenvalue weighted by Gasteiger charge is 2.17. The molecule has 2 amide bonds. The van der Waals surface area contributed by atoms with Crippen molar-refractivity contribution in [1.29, 1.82) is 0 Å². The fourth-order valence-corrected chi connectivity index (χ4v) is 2.15. The molecule has 0 saturated heterocycles. The van der Waals surface area contributed by atoms with E-state index in [1.54, 1.807) is 25.1 Å². The summed E-state index contributed by atoms with van der Waals surface area (Å²) in [6.07, 6.45) is 4.25. The Kier molecular flexibility index (Phi) is 3.97.